The first-order valence-electron chi connectivity index (χ1n) is 4.90. The number of ether oxygens (including phenoxy) is 2. The standard InChI is InChI=1S/C10H14BrClN2O2/c1-7-9(11)10(12)14-8(13-7)3-4-16-6-5-15-2/h3-6H2,1-2H3. The number of nitrogens with zero attached hydrogens (tertiary/aromatic N) is 2. The first-order valence-corrected chi connectivity index (χ1v) is 6.07. The highest BCUT2D eigenvalue weighted by Crippen LogP contribution is 2.22. The van der Waals surface area contributed by atoms with Crippen LogP contribution in [0.15, 0.2) is 4.47 Å². The average molecular weight is 310 g/mol. The predicted molar refractivity (Wildman–Crippen MR) is 65.9 cm³/mol. The molecule has 4 nitrogen and oxygen atoms in total. The molecule has 1 heterocycles. The van der Waals surface area contributed by atoms with Crippen molar-refractivity contribution < 1.29 is 9.47 Å². The molecule has 0 aliphatic rings. The van der Waals surface area contributed by atoms with Crippen LogP contribution in [0.4, 0.5) is 0 Å². The minimum atomic E-state index is 0.444. The zero-order valence-electron chi connectivity index (χ0n) is 9.30. The van der Waals surface area contributed by atoms with Gasteiger partial charge in [0.1, 0.15) is 11.0 Å². The van der Waals surface area contributed by atoms with E-state index in [0.717, 1.165) is 10.2 Å². The Morgan fingerprint density at radius 3 is 2.62 bits per heavy atom. The van der Waals surface area contributed by atoms with Crippen molar-refractivity contribution in [1.82, 2.24) is 9.97 Å². The molecule has 16 heavy (non-hydrogen) atoms. The molecule has 1 aromatic rings. The lowest BCUT2D eigenvalue weighted by atomic mass is 10.4. The van der Waals surface area contributed by atoms with E-state index in [1.807, 2.05) is 6.92 Å². The summed E-state index contributed by atoms with van der Waals surface area (Å²) in [5, 5.41) is 0.444. The monoisotopic (exact) mass is 308 g/mol. The number of methoxy groups -OCH3 is 1. The lowest BCUT2D eigenvalue weighted by Gasteiger charge is -2.05. The van der Waals surface area contributed by atoms with E-state index in [1.165, 1.54) is 0 Å². The summed E-state index contributed by atoms with van der Waals surface area (Å²) in [5.74, 6) is 0.697. The molecule has 0 spiro atoms. The summed E-state index contributed by atoms with van der Waals surface area (Å²) in [6, 6.07) is 0. The van der Waals surface area contributed by atoms with Crippen molar-refractivity contribution in [1.29, 1.82) is 0 Å². The quantitative estimate of drug-likeness (QED) is 0.598. The van der Waals surface area contributed by atoms with Crippen LogP contribution in [0.2, 0.25) is 5.15 Å². The highest BCUT2D eigenvalue weighted by Gasteiger charge is 2.06. The maximum Gasteiger partial charge on any atom is 0.147 e. The summed E-state index contributed by atoms with van der Waals surface area (Å²) in [6.07, 6.45) is 0.650. The van der Waals surface area contributed by atoms with E-state index in [9.17, 15) is 0 Å². The van der Waals surface area contributed by atoms with Gasteiger partial charge in [0.2, 0.25) is 0 Å². The maximum absolute atomic E-state index is 5.92. The fourth-order valence-electron chi connectivity index (χ4n) is 1.10. The van der Waals surface area contributed by atoms with Crippen molar-refractivity contribution in [3.63, 3.8) is 0 Å². The molecule has 0 saturated carbocycles. The fraction of sp³-hybridized carbons (Fsp3) is 0.600. The summed E-state index contributed by atoms with van der Waals surface area (Å²) in [5.41, 5.74) is 0.840. The molecule has 90 valence electrons. The summed E-state index contributed by atoms with van der Waals surface area (Å²) in [6.45, 7) is 3.63. The third kappa shape index (κ3) is 4.33. The van der Waals surface area contributed by atoms with Gasteiger partial charge in [0.15, 0.2) is 0 Å². The van der Waals surface area contributed by atoms with Crippen LogP contribution in [0.3, 0.4) is 0 Å². The molecule has 0 amide bonds. The third-order valence-corrected chi connectivity index (χ3v) is 3.38. The van der Waals surface area contributed by atoms with Crippen molar-refractivity contribution in [3.05, 3.63) is 21.1 Å². The molecule has 0 saturated heterocycles. The number of hydrogen-bond acceptors (Lipinski definition) is 4. The van der Waals surface area contributed by atoms with Gasteiger partial charge in [-0.1, -0.05) is 11.6 Å². The van der Waals surface area contributed by atoms with Crippen molar-refractivity contribution >= 4 is 27.5 Å². The van der Waals surface area contributed by atoms with Crippen LogP contribution in [-0.4, -0.2) is 36.9 Å². The molecule has 0 radical (unpaired) electrons. The molecule has 0 aliphatic heterocycles. The molecule has 0 bridgehead atoms. The Kier molecular flexibility index (Phi) is 6.20. The molecule has 6 heteroatoms. The normalized spacial score (nSPS) is 10.8. The largest absolute Gasteiger partial charge is 0.382 e. The smallest absolute Gasteiger partial charge is 0.147 e. The number of hydrogen-bond donors (Lipinski definition) is 0. The van der Waals surface area contributed by atoms with E-state index < -0.39 is 0 Å². The van der Waals surface area contributed by atoms with Crippen LogP contribution in [-0.2, 0) is 15.9 Å². The third-order valence-electron chi connectivity index (χ3n) is 1.92. The molecule has 1 rings (SSSR count). The Morgan fingerprint density at radius 1 is 1.25 bits per heavy atom. The Labute approximate surface area is 108 Å². The molecule has 0 atom stereocenters. The predicted octanol–water partition coefficient (Wildman–Crippen LogP) is 2.41. The molecule has 1 aromatic heterocycles. The van der Waals surface area contributed by atoms with Gasteiger partial charge >= 0.3 is 0 Å². The van der Waals surface area contributed by atoms with Crippen LogP contribution < -0.4 is 0 Å². The van der Waals surface area contributed by atoms with E-state index in [1.54, 1.807) is 7.11 Å². The maximum atomic E-state index is 5.92. The molecule has 0 unspecified atom stereocenters. The van der Waals surface area contributed by atoms with Crippen LogP contribution in [0.1, 0.15) is 11.5 Å². The van der Waals surface area contributed by atoms with Gasteiger partial charge in [-0.2, -0.15) is 0 Å². The molecule has 0 fully saturated rings. The van der Waals surface area contributed by atoms with Crippen LogP contribution in [0, 0.1) is 6.92 Å². The SMILES string of the molecule is COCCOCCc1nc(C)c(Br)c(Cl)n1. The minimum absolute atomic E-state index is 0.444. The van der Waals surface area contributed by atoms with Gasteiger partial charge in [-0.3, -0.25) is 0 Å². The van der Waals surface area contributed by atoms with Gasteiger partial charge in [-0.25, -0.2) is 9.97 Å². The lowest BCUT2D eigenvalue weighted by molar-refractivity contribution is 0.0716. The van der Waals surface area contributed by atoms with Gasteiger partial charge in [-0.05, 0) is 22.9 Å². The van der Waals surface area contributed by atoms with E-state index >= 15 is 0 Å². The Balaban J connectivity index is 2.43. The molecule has 0 aliphatic carbocycles. The van der Waals surface area contributed by atoms with Gasteiger partial charge in [0, 0.05) is 13.5 Å². The fourth-order valence-corrected chi connectivity index (χ4v) is 1.51. The Hall–Kier alpha value is -0.230. The second-order valence-corrected chi connectivity index (χ2v) is 4.34. The first kappa shape index (κ1) is 13.8. The van der Waals surface area contributed by atoms with Crippen molar-refractivity contribution in [3.8, 4) is 0 Å². The van der Waals surface area contributed by atoms with Crippen LogP contribution >= 0.6 is 27.5 Å². The van der Waals surface area contributed by atoms with Gasteiger partial charge in [0.25, 0.3) is 0 Å². The highest BCUT2D eigenvalue weighted by atomic mass is 79.9. The van der Waals surface area contributed by atoms with Gasteiger partial charge in [0.05, 0.1) is 30.0 Å². The number of aromatic nitrogens is 2. The molecular formula is C10H14BrClN2O2. The summed E-state index contributed by atoms with van der Waals surface area (Å²) < 4.78 is 10.9. The first-order chi connectivity index (χ1) is 7.65. The van der Waals surface area contributed by atoms with Crippen LogP contribution in [0.5, 0.6) is 0 Å². The van der Waals surface area contributed by atoms with E-state index in [4.69, 9.17) is 21.1 Å². The number of aryl methyl sites for hydroxylation is 1. The lowest BCUT2D eigenvalue weighted by Crippen LogP contribution is -2.07. The molecule has 0 aromatic carbocycles. The number of rotatable bonds is 6. The van der Waals surface area contributed by atoms with E-state index in [2.05, 4.69) is 25.9 Å². The minimum Gasteiger partial charge on any atom is -0.382 e. The molecular weight excluding hydrogens is 295 g/mol. The summed E-state index contributed by atoms with van der Waals surface area (Å²) in [7, 11) is 1.64. The Bertz CT molecular complexity index is 327. The number of halogens is 2. The van der Waals surface area contributed by atoms with E-state index in [-0.39, 0.29) is 0 Å². The second-order valence-electron chi connectivity index (χ2n) is 3.19. The topological polar surface area (TPSA) is 44.2 Å². The van der Waals surface area contributed by atoms with Gasteiger partial charge < -0.3 is 9.47 Å². The second kappa shape index (κ2) is 7.17. The van der Waals surface area contributed by atoms with E-state index in [0.29, 0.717) is 37.2 Å². The van der Waals surface area contributed by atoms with Crippen molar-refractivity contribution in [2.75, 3.05) is 26.9 Å². The molecule has 0 N–H and O–H groups in total. The Morgan fingerprint density at radius 2 is 2.00 bits per heavy atom. The summed E-state index contributed by atoms with van der Waals surface area (Å²) >= 11 is 9.23. The zero-order chi connectivity index (χ0) is 12.0. The zero-order valence-corrected chi connectivity index (χ0v) is 11.6. The highest BCUT2D eigenvalue weighted by molar-refractivity contribution is 9.10. The van der Waals surface area contributed by atoms with Gasteiger partial charge in [-0.15, -0.1) is 0 Å². The van der Waals surface area contributed by atoms with Crippen LogP contribution in [0.25, 0.3) is 0 Å². The van der Waals surface area contributed by atoms with Crippen molar-refractivity contribution in [2.24, 2.45) is 0 Å². The average Bonchev–Trinajstić information content (AvgIpc) is 2.25. The van der Waals surface area contributed by atoms with Crippen molar-refractivity contribution in [2.45, 2.75) is 13.3 Å². The summed E-state index contributed by atoms with van der Waals surface area (Å²) in [4.78, 5) is 8.45.